The maximum absolute atomic E-state index is 12.5. The third-order valence-corrected chi connectivity index (χ3v) is 3.31. The number of Topliss-reactive ketones (excluding diaryl/α,β-unsaturated/α-hetero) is 1. The third kappa shape index (κ3) is 3.38. The first-order chi connectivity index (χ1) is 9.47. The molecule has 0 saturated carbocycles. The summed E-state index contributed by atoms with van der Waals surface area (Å²) in [6, 6.07) is 5.08. The van der Waals surface area contributed by atoms with Crippen molar-refractivity contribution in [1.82, 2.24) is 5.32 Å². The zero-order valence-electron chi connectivity index (χ0n) is 12.2. The maximum atomic E-state index is 12.5. The van der Waals surface area contributed by atoms with Crippen LogP contribution in [0.2, 0.25) is 0 Å². The SMILES string of the molecule is Cc1ccc2c(c1)C(=O)C(NC(=O)CC(C)C)CCO2. The van der Waals surface area contributed by atoms with Crippen molar-refractivity contribution in [3.8, 4) is 5.75 Å². The van der Waals surface area contributed by atoms with Crippen LogP contribution in [0.5, 0.6) is 5.75 Å². The number of rotatable bonds is 3. The number of carbonyl (C=O) groups is 2. The second-order valence-corrected chi connectivity index (χ2v) is 5.72. The Labute approximate surface area is 119 Å². The molecule has 1 unspecified atom stereocenters. The number of fused-ring (bicyclic) bond motifs is 1. The molecule has 0 aliphatic carbocycles. The van der Waals surface area contributed by atoms with E-state index in [0.717, 1.165) is 5.56 Å². The second-order valence-electron chi connectivity index (χ2n) is 5.72. The van der Waals surface area contributed by atoms with Crippen LogP contribution in [-0.4, -0.2) is 24.3 Å². The van der Waals surface area contributed by atoms with Gasteiger partial charge < -0.3 is 10.1 Å². The van der Waals surface area contributed by atoms with Crippen molar-refractivity contribution in [2.75, 3.05) is 6.61 Å². The first-order valence-electron chi connectivity index (χ1n) is 7.04. The summed E-state index contributed by atoms with van der Waals surface area (Å²) in [6.45, 7) is 6.34. The van der Waals surface area contributed by atoms with Crippen LogP contribution in [0.1, 0.15) is 42.6 Å². The molecule has 0 bridgehead atoms. The predicted molar refractivity (Wildman–Crippen MR) is 77.0 cm³/mol. The summed E-state index contributed by atoms with van der Waals surface area (Å²) in [5, 5.41) is 2.83. The minimum atomic E-state index is -0.482. The number of benzene rings is 1. The highest BCUT2D eigenvalue weighted by Gasteiger charge is 2.27. The maximum Gasteiger partial charge on any atom is 0.220 e. The van der Waals surface area contributed by atoms with Crippen molar-refractivity contribution in [2.24, 2.45) is 5.92 Å². The van der Waals surface area contributed by atoms with E-state index in [4.69, 9.17) is 4.74 Å². The van der Waals surface area contributed by atoms with Crippen molar-refractivity contribution in [2.45, 2.75) is 39.7 Å². The Morgan fingerprint density at radius 3 is 2.90 bits per heavy atom. The molecule has 4 nitrogen and oxygen atoms in total. The molecule has 1 aliphatic heterocycles. The number of ether oxygens (including phenoxy) is 1. The number of amides is 1. The predicted octanol–water partition coefficient (Wildman–Crippen LogP) is 2.49. The van der Waals surface area contributed by atoms with Crippen molar-refractivity contribution >= 4 is 11.7 Å². The number of aryl methyl sites for hydroxylation is 1. The van der Waals surface area contributed by atoms with E-state index >= 15 is 0 Å². The average Bonchev–Trinajstić information content (AvgIpc) is 2.50. The lowest BCUT2D eigenvalue weighted by molar-refractivity contribution is -0.122. The van der Waals surface area contributed by atoms with Gasteiger partial charge in [-0.25, -0.2) is 0 Å². The largest absolute Gasteiger partial charge is 0.493 e. The van der Waals surface area contributed by atoms with E-state index in [1.807, 2.05) is 39.0 Å². The van der Waals surface area contributed by atoms with Gasteiger partial charge >= 0.3 is 0 Å². The Hall–Kier alpha value is -1.84. The Morgan fingerprint density at radius 1 is 1.45 bits per heavy atom. The summed E-state index contributed by atoms with van der Waals surface area (Å²) in [5.41, 5.74) is 1.58. The van der Waals surface area contributed by atoms with Crippen molar-refractivity contribution in [3.05, 3.63) is 29.3 Å². The van der Waals surface area contributed by atoms with Crippen LogP contribution in [0.4, 0.5) is 0 Å². The van der Waals surface area contributed by atoms with Gasteiger partial charge in [-0.15, -0.1) is 0 Å². The normalized spacial score (nSPS) is 18.2. The second kappa shape index (κ2) is 6.07. The standard InChI is InChI=1S/C16H21NO3/c1-10(2)8-15(18)17-13-6-7-20-14-5-4-11(3)9-12(14)16(13)19/h4-5,9-10,13H,6-8H2,1-3H3,(H,17,18). The molecule has 1 amide bonds. The van der Waals surface area contributed by atoms with E-state index in [2.05, 4.69) is 5.32 Å². The molecule has 0 radical (unpaired) electrons. The smallest absolute Gasteiger partial charge is 0.220 e. The van der Waals surface area contributed by atoms with Gasteiger partial charge in [0.05, 0.1) is 18.2 Å². The molecule has 20 heavy (non-hydrogen) atoms. The Morgan fingerprint density at radius 2 is 2.20 bits per heavy atom. The van der Waals surface area contributed by atoms with Crippen LogP contribution in [-0.2, 0) is 4.79 Å². The first-order valence-corrected chi connectivity index (χ1v) is 7.04. The highest BCUT2D eigenvalue weighted by atomic mass is 16.5. The van der Waals surface area contributed by atoms with Crippen LogP contribution in [0, 0.1) is 12.8 Å². The van der Waals surface area contributed by atoms with Gasteiger partial charge in [-0.1, -0.05) is 25.5 Å². The average molecular weight is 275 g/mol. The minimum absolute atomic E-state index is 0.0571. The van der Waals surface area contributed by atoms with Gasteiger partial charge in [0.25, 0.3) is 0 Å². The fourth-order valence-corrected chi connectivity index (χ4v) is 2.33. The van der Waals surface area contributed by atoms with Crippen LogP contribution < -0.4 is 10.1 Å². The molecule has 2 rings (SSSR count). The first kappa shape index (κ1) is 14.6. The molecular formula is C16H21NO3. The Balaban J connectivity index is 2.16. The molecule has 1 aromatic rings. The van der Waals surface area contributed by atoms with Crippen LogP contribution in [0.25, 0.3) is 0 Å². The number of nitrogens with one attached hydrogen (secondary N) is 1. The molecule has 0 spiro atoms. The zero-order chi connectivity index (χ0) is 14.7. The molecule has 1 atom stereocenters. The van der Waals surface area contributed by atoms with Gasteiger partial charge in [-0.2, -0.15) is 0 Å². The van der Waals surface area contributed by atoms with E-state index in [0.29, 0.717) is 30.8 Å². The number of hydrogen-bond donors (Lipinski definition) is 1. The van der Waals surface area contributed by atoms with Crippen LogP contribution >= 0.6 is 0 Å². The van der Waals surface area contributed by atoms with Gasteiger partial charge in [0.2, 0.25) is 5.91 Å². The summed E-state index contributed by atoms with van der Waals surface area (Å²) in [7, 11) is 0. The molecule has 1 N–H and O–H groups in total. The van der Waals surface area contributed by atoms with Gasteiger partial charge in [0.15, 0.2) is 5.78 Å². The molecular weight excluding hydrogens is 254 g/mol. The molecule has 1 aromatic carbocycles. The quantitative estimate of drug-likeness (QED) is 0.922. The monoisotopic (exact) mass is 275 g/mol. The zero-order valence-corrected chi connectivity index (χ0v) is 12.2. The van der Waals surface area contributed by atoms with Gasteiger partial charge in [0, 0.05) is 12.8 Å². The minimum Gasteiger partial charge on any atom is -0.493 e. The summed E-state index contributed by atoms with van der Waals surface area (Å²) >= 11 is 0. The third-order valence-electron chi connectivity index (χ3n) is 3.31. The van der Waals surface area contributed by atoms with Crippen LogP contribution in [0.15, 0.2) is 18.2 Å². The Bertz CT molecular complexity index is 522. The fourth-order valence-electron chi connectivity index (χ4n) is 2.33. The van der Waals surface area contributed by atoms with E-state index in [-0.39, 0.29) is 17.6 Å². The highest BCUT2D eigenvalue weighted by Crippen LogP contribution is 2.25. The summed E-state index contributed by atoms with van der Waals surface area (Å²) < 4.78 is 5.59. The highest BCUT2D eigenvalue weighted by molar-refractivity contribution is 6.04. The molecule has 0 fully saturated rings. The summed E-state index contributed by atoms with van der Waals surface area (Å²) in [4.78, 5) is 24.4. The topological polar surface area (TPSA) is 55.4 Å². The number of carbonyl (C=O) groups excluding carboxylic acids is 2. The van der Waals surface area contributed by atoms with E-state index < -0.39 is 6.04 Å². The van der Waals surface area contributed by atoms with Crippen molar-refractivity contribution in [1.29, 1.82) is 0 Å². The van der Waals surface area contributed by atoms with Gasteiger partial charge in [-0.05, 0) is 25.0 Å². The molecule has 1 aliphatic rings. The van der Waals surface area contributed by atoms with Crippen LogP contribution in [0.3, 0.4) is 0 Å². The van der Waals surface area contributed by atoms with Gasteiger partial charge in [-0.3, -0.25) is 9.59 Å². The lowest BCUT2D eigenvalue weighted by Crippen LogP contribution is -2.41. The molecule has 108 valence electrons. The molecule has 4 heteroatoms. The molecule has 0 saturated heterocycles. The fraction of sp³-hybridized carbons (Fsp3) is 0.500. The Kier molecular flexibility index (Phi) is 4.42. The number of hydrogen-bond acceptors (Lipinski definition) is 3. The molecule has 0 aromatic heterocycles. The molecule has 1 heterocycles. The van der Waals surface area contributed by atoms with Crippen molar-refractivity contribution in [3.63, 3.8) is 0 Å². The van der Waals surface area contributed by atoms with E-state index in [1.165, 1.54) is 0 Å². The summed E-state index contributed by atoms with van der Waals surface area (Å²) in [6.07, 6.45) is 0.946. The lowest BCUT2D eigenvalue weighted by Gasteiger charge is -2.15. The number of ketones is 1. The van der Waals surface area contributed by atoms with Crippen molar-refractivity contribution < 1.29 is 14.3 Å². The van der Waals surface area contributed by atoms with E-state index in [9.17, 15) is 9.59 Å². The van der Waals surface area contributed by atoms with Gasteiger partial charge in [0.1, 0.15) is 5.75 Å². The van der Waals surface area contributed by atoms with E-state index in [1.54, 1.807) is 0 Å². The summed E-state index contributed by atoms with van der Waals surface area (Å²) in [5.74, 6) is 0.760. The lowest BCUT2D eigenvalue weighted by atomic mass is 10.00.